The number of aryl methyl sites for hydroxylation is 1. The average Bonchev–Trinajstić information content (AvgIpc) is 2.61. The van der Waals surface area contributed by atoms with Gasteiger partial charge in [-0.05, 0) is 35.6 Å². The molecule has 5 nitrogen and oxygen atoms in total. The molecule has 0 aliphatic rings. The third-order valence-corrected chi connectivity index (χ3v) is 5.62. The van der Waals surface area contributed by atoms with Gasteiger partial charge in [-0.1, -0.05) is 57.2 Å². The molecule has 0 radical (unpaired) electrons. The molecule has 6 heteroatoms. The first-order chi connectivity index (χ1) is 12.7. The first kappa shape index (κ1) is 21.0. The van der Waals surface area contributed by atoms with Crippen LogP contribution in [0.15, 0.2) is 48.5 Å². The number of nitrogens with zero attached hydrogens (tertiary/aromatic N) is 1. The van der Waals surface area contributed by atoms with Crippen molar-refractivity contribution in [1.29, 1.82) is 0 Å². The highest BCUT2D eigenvalue weighted by Gasteiger charge is 2.22. The second-order valence-corrected chi connectivity index (χ2v) is 8.76. The van der Waals surface area contributed by atoms with Gasteiger partial charge in [-0.25, -0.2) is 8.42 Å². The number of benzene rings is 2. The van der Waals surface area contributed by atoms with E-state index in [2.05, 4.69) is 5.32 Å². The molecule has 27 heavy (non-hydrogen) atoms. The number of carbonyl (C=O) groups is 1. The number of anilines is 2. The molecule has 1 N–H and O–H groups in total. The summed E-state index contributed by atoms with van der Waals surface area (Å²) in [5, 5.41) is 2.90. The van der Waals surface area contributed by atoms with Crippen molar-refractivity contribution < 1.29 is 13.2 Å². The molecule has 1 amide bonds. The van der Waals surface area contributed by atoms with Crippen LogP contribution in [0.4, 0.5) is 11.4 Å². The quantitative estimate of drug-likeness (QED) is 0.738. The molecule has 0 spiro atoms. The fourth-order valence-electron chi connectivity index (χ4n) is 3.03. The highest BCUT2D eigenvalue weighted by atomic mass is 32.2. The van der Waals surface area contributed by atoms with Crippen LogP contribution in [0, 0.1) is 0 Å². The Labute approximate surface area is 162 Å². The van der Waals surface area contributed by atoms with E-state index in [0.717, 1.165) is 23.2 Å². The normalized spacial score (nSPS) is 11.4. The molecule has 0 atom stereocenters. The van der Waals surface area contributed by atoms with Crippen LogP contribution in [-0.4, -0.2) is 27.1 Å². The maximum atomic E-state index is 12.4. The van der Waals surface area contributed by atoms with Crippen molar-refractivity contribution >= 4 is 27.3 Å². The van der Waals surface area contributed by atoms with Gasteiger partial charge in [-0.3, -0.25) is 9.10 Å². The summed E-state index contributed by atoms with van der Waals surface area (Å²) in [6.07, 6.45) is 2.07. The van der Waals surface area contributed by atoms with Crippen molar-refractivity contribution in [2.45, 2.75) is 39.5 Å². The summed E-state index contributed by atoms with van der Waals surface area (Å²) in [6, 6.07) is 15.1. The first-order valence-electron chi connectivity index (χ1n) is 9.18. The Morgan fingerprint density at radius 1 is 1.07 bits per heavy atom. The van der Waals surface area contributed by atoms with E-state index < -0.39 is 10.0 Å². The Hall–Kier alpha value is -2.34. The first-order valence-corrected chi connectivity index (χ1v) is 11.0. The number of hydrogen-bond acceptors (Lipinski definition) is 3. The van der Waals surface area contributed by atoms with E-state index in [4.69, 9.17) is 0 Å². The van der Waals surface area contributed by atoms with Gasteiger partial charge in [0.25, 0.3) is 0 Å². The van der Waals surface area contributed by atoms with E-state index in [1.54, 1.807) is 6.07 Å². The van der Waals surface area contributed by atoms with Crippen LogP contribution >= 0.6 is 0 Å². The Kier molecular flexibility index (Phi) is 7.02. The van der Waals surface area contributed by atoms with Gasteiger partial charge in [0.15, 0.2) is 0 Å². The van der Waals surface area contributed by atoms with Gasteiger partial charge in [0, 0.05) is 18.7 Å². The molecule has 2 aromatic carbocycles. The standard InChI is InChI=1S/C21H28N2O3S/c1-5-17-10-6-8-12-19(17)22-21(24)14-15-23(27(4,25)26)20-13-9-7-11-18(20)16(2)3/h6-13,16H,5,14-15H2,1-4H3,(H,22,24). The molecule has 2 aromatic rings. The number of para-hydroxylation sites is 2. The second kappa shape index (κ2) is 9.04. The summed E-state index contributed by atoms with van der Waals surface area (Å²) in [5.74, 6) is -0.0257. The van der Waals surface area contributed by atoms with Crippen LogP contribution in [0.2, 0.25) is 0 Å². The highest BCUT2D eigenvalue weighted by molar-refractivity contribution is 7.92. The number of carbonyl (C=O) groups excluding carboxylic acids is 1. The van der Waals surface area contributed by atoms with Crippen LogP contribution in [0.5, 0.6) is 0 Å². The predicted molar refractivity (Wildman–Crippen MR) is 112 cm³/mol. The molecule has 0 saturated carbocycles. The van der Waals surface area contributed by atoms with Crippen LogP contribution in [0.3, 0.4) is 0 Å². The molecule has 0 aromatic heterocycles. The van der Waals surface area contributed by atoms with E-state index in [9.17, 15) is 13.2 Å². The summed E-state index contributed by atoms with van der Waals surface area (Å²) in [5.41, 5.74) is 3.41. The van der Waals surface area contributed by atoms with E-state index in [-0.39, 0.29) is 24.8 Å². The van der Waals surface area contributed by atoms with Gasteiger partial charge < -0.3 is 5.32 Å². The van der Waals surface area contributed by atoms with Crippen molar-refractivity contribution in [3.8, 4) is 0 Å². The number of amides is 1. The van der Waals surface area contributed by atoms with Crippen LogP contribution < -0.4 is 9.62 Å². The Balaban J connectivity index is 2.18. The molecule has 0 fully saturated rings. The van der Waals surface area contributed by atoms with Gasteiger partial charge in [0.05, 0.1) is 11.9 Å². The summed E-state index contributed by atoms with van der Waals surface area (Å²) in [7, 11) is -3.50. The summed E-state index contributed by atoms with van der Waals surface area (Å²) >= 11 is 0. The fraction of sp³-hybridized carbons (Fsp3) is 0.381. The van der Waals surface area contributed by atoms with Gasteiger partial charge in [0.1, 0.15) is 0 Å². The van der Waals surface area contributed by atoms with Gasteiger partial charge in [-0.2, -0.15) is 0 Å². The molecular weight excluding hydrogens is 360 g/mol. The molecule has 0 aliphatic carbocycles. The van der Waals surface area contributed by atoms with Crippen LogP contribution in [-0.2, 0) is 21.2 Å². The van der Waals surface area contributed by atoms with Crippen molar-refractivity contribution in [2.75, 3.05) is 22.4 Å². The lowest BCUT2D eigenvalue weighted by molar-refractivity contribution is -0.116. The maximum Gasteiger partial charge on any atom is 0.232 e. The molecule has 0 bridgehead atoms. The van der Waals surface area contributed by atoms with Crippen molar-refractivity contribution in [3.05, 3.63) is 59.7 Å². The topological polar surface area (TPSA) is 66.5 Å². The smallest absolute Gasteiger partial charge is 0.232 e. The van der Waals surface area contributed by atoms with E-state index >= 15 is 0 Å². The fourth-order valence-corrected chi connectivity index (χ4v) is 3.98. The molecule has 0 heterocycles. The molecular formula is C21H28N2O3S. The van der Waals surface area contributed by atoms with Crippen molar-refractivity contribution in [3.63, 3.8) is 0 Å². The van der Waals surface area contributed by atoms with Crippen molar-refractivity contribution in [2.24, 2.45) is 0 Å². The Morgan fingerprint density at radius 3 is 2.33 bits per heavy atom. The molecule has 146 valence electrons. The van der Waals surface area contributed by atoms with E-state index in [1.165, 1.54) is 10.6 Å². The molecule has 2 rings (SSSR count). The lowest BCUT2D eigenvalue weighted by Gasteiger charge is -2.26. The zero-order valence-electron chi connectivity index (χ0n) is 16.4. The van der Waals surface area contributed by atoms with Gasteiger partial charge >= 0.3 is 0 Å². The SMILES string of the molecule is CCc1ccccc1NC(=O)CCN(c1ccccc1C(C)C)S(C)(=O)=O. The summed E-state index contributed by atoms with van der Waals surface area (Å²) in [6.45, 7) is 6.17. The summed E-state index contributed by atoms with van der Waals surface area (Å²) < 4.78 is 26.1. The van der Waals surface area contributed by atoms with E-state index in [1.807, 2.05) is 63.2 Å². The lowest BCUT2D eigenvalue weighted by Crippen LogP contribution is -2.33. The molecule has 0 unspecified atom stereocenters. The minimum absolute atomic E-state index is 0.0809. The van der Waals surface area contributed by atoms with Gasteiger partial charge in [0.2, 0.25) is 15.9 Å². The van der Waals surface area contributed by atoms with Gasteiger partial charge in [-0.15, -0.1) is 0 Å². The zero-order chi connectivity index (χ0) is 20.0. The number of rotatable bonds is 8. The second-order valence-electron chi connectivity index (χ2n) is 6.86. The third kappa shape index (κ3) is 5.57. The largest absolute Gasteiger partial charge is 0.326 e. The average molecular weight is 389 g/mol. The lowest BCUT2D eigenvalue weighted by atomic mass is 10.0. The predicted octanol–water partition coefficient (Wildman–Crippen LogP) is 4.17. The Bertz CT molecular complexity index is 892. The number of hydrogen-bond donors (Lipinski definition) is 1. The minimum Gasteiger partial charge on any atom is -0.326 e. The zero-order valence-corrected chi connectivity index (χ0v) is 17.2. The van der Waals surface area contributed by atoms with Crippen LogP contribution in [0.1, 0.15) is 44.2 Å². The molecule has 0 aliphatic heterocycles. The third-order valence-electron chi connectivity index (χ3n) is 4.44. The maximum absolute atomic E-state index is 12.4. The van der Waals surface area contributed by atoms with Crippen LogP contribution in [0.25, 0.3) is 0 Å². The molecule has 0 saturated heterocycles. The summed E-state index contributed by atoms with van der Waals surface area (Å²) in [4.78, 5) is 12.4. The monoisotopic (exact) mass is 388 g/mol. The van der Waals surface area contributed by atoms with E-state index in [0.29, 0.717) is 5.69 Å². The number of nitrogens with one attached hydrogen (secondary N) is 1. The van der Waals surface area contributed by atoms with Crippen molar-refractivity contribution in [1.82, 2.24) is 0 Å². The highest BCUT2D eigenvalue weighted by Crippen LogP contribution is 2.29. The number of sulfonamides is 1. The Morgan fingerprint density at radius 2 is 1.70 bits per heavy atom. The minimum atomic E-state index is -3.50.